The number of nitrogens with one attached hydrogen (secondary N) is 1. The molecular weight excluding hydrogens is 282 g/mol. The molecule has 0 radical (unpaired) electrons. The molecule has 1 fully saturated rings. The first-order chi connectivity index (χ1) is 10.4. The zero-order chi connectivity index (χ0) is 16.3. The lowest BCUT2D eigenvalue weighted by Crippen LogP contribution is -2.29. The Morgan fingerprint density at radius 2 is 1.86 bits per heavy atom. The van der Waals surface area contributed by atoms with Crippen LogP contribution in [0.1, 0.15) is 44.2 Å². The number of rotatable bonds is 5. The molecule has 118 valence electrons. The van der Waals surface area contributed by atoms with Crippen LogP contribution in [0.2, 0.25) is 0 Å². The molecule has 1 heterocycles. The quantitative estimate of drug-likeness (QED) is 0.666. The number of imide groups is 1. The highest BCUT2D eigenvalue weighted by atomic mass is 16.5. The van der Waals surface area contributed by atoms with Crippen molar-refractivity contribution in [2.75, 3.05) is 0 Å². The summed E-state index contributed by atoms with van der Waals surface area (Å²) in [5, 5.41) is 2.12. The Balaban J connectivity index is 1.98. The standard InChI is InChI=1S/C17H21NO4/c1-10(2)8-12-4-6-13(7-5-12)11(3)17(21)22-14-9-15(19)18-16(14)20/h4-7,10-11,14H,8-9H2,1-3H3,(H,18,19,20). The van der Waals surface area contributed by atoms with Crippen LogP contribution in [-0.2, 0) is 25.5 Å². The first-order valence-corrected chi connectivity index (χ1v) is 7.50. The zero-order valence-corrected chi connectivity index (χ0v) is 13.1. The van der Waals surface area contributed by atoms with E-state index in [1.807, 2.05) is 24.3 Å². The summed E-state index contributed by atoms with van der Waals surface area (Å²) in [6, 6.07) is 7.82. The monoisotopic (exact) mass is 303 g/mol. The van der Waals surface area contributed by atoms with Crippen LogP contribution in [0.4, 0.5) is 0 Å². The second-order valence-corrected chi connectivity index (χ2v) is 6.10. The smallest absolute Gasteiger partial charge is 0.313 e. The van der Waals surface area contributed by atoms with Crippen molar-refractivity contribution in [2.24, 2.45) is 5.92 Å². The van der Waals surface area contributed by atoms with Crippen molar-refractivity contribution in [3.63, 3.8) is 0 Å². The molecule has 0 aromatic heterocycles. The van der Waals surface area contributed by atoms with Crippen molar-refractivity contribution >= 4 is 17.8 Å². The zero-order valence-electron chi connectivity index (χ0n) is 13.1. The fourth-order valence-electron chi connectivity index (χ4n) is 2.42. The van der Waals surface area contributed by atoms with Crippen LogP contribution in [0.3, 0.4) is 0 Å². The number of esters is 1. The molecular formula is C17H21NO4. The number of amides is 2. The highest BCUT2D eigenvalue weighted by Crippen LogP contribution is 2.20. The lowest BCUT2D eigenvalue weighted by atomic mass is 9.97. The second-order valence-electron chi connectivity index (χ2n) is 6.10. The second kappa shape index (κ2) is 6.73. The Hall–Kier alpha value is -2.17. The van der Waals surface area contributed by atoms with Crippen molar-refractivity contribution in [2.45, 2.75) is 45.6 Å². The highest BCUT2D eigenvalue weighted by molar-refractivity contribution is 6.05. The van der Waals surface area contributed by atoms with Gasteiger partial charge in [-0.05, 0) is 30.4 Å². The van der Waals surface area contributed by atoms with Gasteiger partial charge in [-0.1, -0.05) is 38.1 Å². The molecule has 5 nitrogen and oxygen atoms in total. The third kappa shape index (κ3) is 3.93. The number of ether oxygens (including phenoxy) is 1. The van der Waals surface area contributed by atoms with Crippen molar-refractivity contribution in [3.8, 4) is 0 Å². The Kier molecular flexibility index (Phi) is 4.96. The summed E-state index contributed by atoms with van der Waals surface area (Å²) in [5.74, 6) is -1.35. The summed E-state index contributed by atoms with van der Waals surface area (Å²) in [4.78, 5) is 34.6. The van der Waals surface area contributed by atoms with Gasteiger partial charge in [0.15, 0.2) is 6.10 Å². The van der Waals surface area contributed by atoms with Gasteiger partial charge in [-0.15, -0.1) is 0 Å². The first-order valence-electron chi connectivity index (χ1n) is 7.50. The van der Waals surface area contributed by atoms with Gasteiger partial charge in [-0.2, -0.15) is 0 Å². The molecule has 1 N–H and O–H groups in total. The van der Waals surface area contributed by atoms with E-state index in [2.05, 4.69) is 19.2 Å². The molecule has 1 aliphatic heterocycles. The summed E-state index contributed by atoms with van der Waals surface area (Å²) >= 11 is 0. The summed E-state index contributed by atoms with van der Waals surface area (Å²) in [6.45, 7) is 6.04. The first kappa shape index (κ1) is 16.2. The minimum absolute atomic E-state index is 0.0926. The van der Waals surface area contributed by atoms with Gasteiger partial charge >= 0.3 is 5.97 Å². The van der Waals surface area contributed by atoms with Crippen molar-refractivity contribution in [3.05, 3.63) is 35.4 Å². The highest BCUT2D eigenvalue weighted by Gasteiger charge is 2.34. The third-order valence-electron chi connectivity index (χ3n) is 3.66. The Bertz CT molecular complexity index is 577. The van der Waals surface area contributed by atoms with Gasteiger partial charge in [0.25, 0.3) is 5.91 Å². The molecule has 1 aromatic rings. The number of benzene rings is 1. The predicted molar refractivity (Wildman–Crippen MR) is 81.0 cm³/mol. The maximum Gasteiger partial charge on any atom is 0.313 e. The molecule has 2 rings (SSSR count). The predicted octanol–water partition coefficient (Wildman–Crippen LogP) is 1.95. The SMILES string of the molecule is CC(C)Cc1ccc(C(C)C(=O)OC2CC(=O)NC2=O)cc1. The van der Waals surface area contributed by atoms with Gasteiger partial charge in [-0.25, -0.2) is 0 Å². The fourth-order valence-corrected chi connectivity index (χ4v) is 2.42. The largest absolute Gasteiger partial charge is 0.451 e. The molecule has 1 aromatic carbocycles. The van der Waals surface area contributed by atoms with E-state index in [4.69, 9.17) is 4.74 Å². The number of carbonyl (C=O) groups is 3. The van der Waals surface area contributed by atoms with Crippen LogP contribution < -0.4 is 5.32 Å². The number of hydrogen-bond acceptors (Lipinski definition) is 4. The van der Waals surface area contributed by atoms with E-state index in [1.165, 1.54) is 5.56 Å². The Morgan fingerprint density at radius 3 is 2.36 bits per heavy atom. The van der Waals surface area contributed by atoms with Gasteiger partial charge in [0.2, 0.25) is 5.91 Å². The van der Waals surface area contributed by atoms with Crippen molar-refractivity contribution in [1.82, 2.24) is 5.32 Å². The van der Waals surface area contributed by atoms with Gasteiger partial charge in [-0.3, -0.25) is 19.7 Å². The van der Waals surface area contributed by atoms with E-state index in [9.17, 15) is 14.4 Å². The van der Waals surface area contributed by atoms with Gasteiger partial charge in [0.05, 0.1) is 12.3 Å². The molecule has 0 aliphatic carbocycles. The number of carbonyl (C=O) groups excluding carboxylic acids is 3. The normalized spacial score (nSPS) is 19.2. The van der Waals surface area contributed by atoms with Crippen LogP contribution >= 0.6 is 0 Å². The number of hydrogen-bond donors (Lipinski definition) is 1. The summed E-state index contributed by atoms with van der Waals surface area (Å²) in [6.07, 6.45) is -0.101. The van der Waals surface area contributed by atoms with E-state index in [0.717, 1.165) is 12.0 Å². The summed E-state index contributed by atoms with van der Waals surface area (Å²) in [5.41, 5.74) is 2.06. The van der Waals surface area contributed by atoms with E-state index < -0.39 is 29.8 Å². The van der Waals surface area contributed by atoms with E-state index in [-0.39, 0.29) is 6.42 Å². The molecule has 22 heavy (non-hydrogen) atoms. The lowest BCUT2D eigenvalue weighted by molar-refractivity contribution is -0.155. The van der Waals surface area contributed by atoms with Gasteiger partial charge in [0.1, 0.15) is 0 Å². The molecule has 1 aliphatic rings. The van der Waals surface area contributed by atoms with Crippen LogP contribution in [0.25, 0.3) is 0 Å². The molecule has 2 amide bonds. The van der Waals surface area contributed by atoms with Crippen LogP contribution in [0, 0.1) is 5.92 Å². The average molecular weight is 303 g/mol. The maximum absolute atomic E-state index is 12.1. The fraction of sp³-hybridized carbons (Fsp3) is 0.471. The van der Waals surface area contributed by atoms with E-state index in [1.54, 1.807) is 6.92 Å². The molecule has 2 unspecified atom stereocenters. The summed E-state index contributed by atoms with van der Waals surface area (Å²) < 4.78 is 5.13. The minimum atomic E-state index is -0.998. The Labute approximate surface area is 130 Å². The third-order valence-corrected chi connectivity index (χ3v) is 3.66. The molecule has 0 saturated carbocycles. The molecule has 0 bridgehead atoms. The molecule has 0 spiro atoms. The van der Waals surface area contributed by atoms with Crippen LogP contribution in [0.15, 0.2) is 24.3 Å². The van der Waals surface area contributed by atoms with Crippen molar-refractivity contribution in [1.29, 1.82) is 0 Å². The molecule has 2 atom stereocenters. The van der Waals surface area contributed by atoms with Gasteiger partial charge < -0.3 is 4.74 Å². The minimum Gasteiger partial charge on any atom is -0.451 e. The van der Waals surface area contributed by atoms with Gasteiger partial charge in [0, 0.05) is 0 Å². The lowest BCUT2D eigenvalue weighted by Gasteiger charge is -2.15. The average Bonchev–Trinajstić information content (AvgIpc) is 2.76. The molecule has 1 saturated heterocycles. The maximum atomic E-state index is 12.1. The van der Waals surface area contributed by atoms with E-state index >= 15 is 0 Å². The Morgan fingerprint density at radius 1 is 1.23 bits per heavy atom. The topological polar surface area (TPSA) is 72.5 Å². The van der Waals surface area contributed by atoms with Crippen LogP contribution in [-0.4, -0.2) is 23.9 Å². The van der Waals surface area contributed by atoms with E-state index in [0.29, 0.717) is 5.92 Å². The summed E-state index contributed by atoms with van der Waals surface area (Å²) in [7, 11) is 0. The van der Waals surface area contributed by atoms with Crippen LogP contribution in [0.5, 0.6) is 0 Å². The molecule has 5 heteroatoms. The van der Waals surface area contributed by atoms with Crippen molar-refractivity contribution < 1.29 is 19.1 Å².